The molecule has 0 radical (unpaired) electrons. The normalized spacial score (nSPS) is 14.4. The zero-order valence-electron chi connectivity index (χ0n) is 9.99. The lowest BCUT2D eigenvalue weighted by Crippen LogP contribution is -2.59. The highest BCUT2D eigenvalue weighted by atomic mass is 28.4. The van der Waals surface area contributed by atoms with E-state index < -0.39 is 16.1 Å². The van der Waals surface area contributed by atoms with E-state index in [4.69, 9.17) is 5.73 Å². The molecule has 2 N–H and O–H groups in total. The maximum Gasteiger partial charge on any atom is 0.217 e. The molecule has 0 aromatic heterocycles. The van der Waals surface area contributed by atoms with Crippen LogP contribution in [-0.4, -0.2) is 22.1 Å². The van der Waals surface area contributed by atoms with Crippen LogP contribution in [0.3, 0.4) is 0 Å². The first-order chi connectivity index (χ1) is 5.44. The number of amides is 1. The van der Waals surface area contributed by atoms with Crippen molar-refractivity contribution in [1.29, 1.82) is 0 Å². The van der Waals surface area contributed by atoms with Gasteiger partial charge in [0.15, 0.2) is 0 Å². The molecule has 0 saturated heterocycles. The number of hydrogen-bond donors (Lipinski definition) is 1. The highest BCUT2D eigenvalue weighted by molar-refractivity contribution is 7.02. The van der Waals surface area contributed by atoms with Gasteiger partial charge in [0, 0.05) is 4.66 Å². The Labute approximate surface area is 83.9 Å². The zero-order chi connectivity index (χ0) is 11.1. The molecule has 0 rings (SSSR count). The summed E-state index contributed by atoms with van der Waals surface area (Å²) in [6.45, 7) is 15.5. The molecule has 0 aliphatic rings. The second-order valence-corrected chi connectivity index (χ2v) is 17.5. The summed E-state index contributed by atoms with van der Waals surface area (Å²) in [6, 6.07) is 0. The number of nitrogens with two attached hydrogens (primary N) is 1. The summed E-state index contributed by atoms with van der Waals surface area (Å²) in [4.78, 5) is 11.6. The summed E-state index contributed by atoms with van der Waals surface area (Å²) < 4.78 is -0.208. The SMILES string of the molecule is CC(C(N)=O)([Si](C)(C)C)[Si](C)(C)C. The largest absolute Gasteiger partial charge is 0.370 e. The van der Waals surface area contributed by atoms with Crippen molar-refractivity contribution in [2.45, 2.75) is 50.9 Å². The molecule has 0 fully saturated rings. The molecule has 0 bridgehead atoms. The summed E-state index contributed by atoms with van der Waals surface area (Å²) in [5, 5.41) is 0. The molecular weight excluding hydrogens is 194 g/mol. The molecule has 0 spiro atoms. The van der Waals surface area contributed by atoms with E-state index in [1.54, 1.807) is 0 Å². The van der Waals surface area contributed by atoms with Crippen molar-refractivity contribution in [3.05, 3.63) is 0 Å². The highest BCUT2D eigenvalue weighted by Gasteiger charge is 2.53. The van der Waals surface area contributed by atoms with E-state index in [9.17, 15) is 4.79 Å². The van der Waals surface area contributed by atoms with Gasteiger partial charge in [0.05, 0.1) is 16.1 Å². The first-order valence-electron chi connectivity index (χ1n) is 4.74. The quantitative estimate of drug-likeness (QED) is 0.725. The maximum absolute atomic E-state index is 11.6. The average molecular weight is 217 g/mol. The molecule has 2 nitrogen and oxygen atoms in total. The third kappa shape index (κ3) is 2.04. The third-order valence-electron chi connectivity index (χ3n) is 3.49. The molecule has 4 heteroatoms. The molecular formula is C9H23NOSi2. The van der Waals surface area contributed by atoms with Crippen LogP contribution in [-0.2, 0) is 4.79 Å². The van der Waals surface area contributed by atoms with Crippen LogP contribution in [0.15, 0.2) is 0 Å². The lowest BCUT2D eigenvalue weighted by Gasteiger charge is -2.46. The molecule has 0 atom stereocenters. The van der Waals surface area contributed by atoms with E-state index in [1.807, 2.05) is 0 Å². The van der Waals surface area contributed by atoms with E-state index in [2.05, 4.69) is 46.2 Å². The van der Waals surface area contributed by atoms with Crippen LogP contribution in [0.5, 0.6) is 0 Å². The molecule has 1 amide bonds. The Balaban J connectivity index is 5.35. The molecule has 0 unspecified atom stereocenters. The van der Waals surface area contributed by atoms with Crippen molar-refractivity contribution in [1.82, 2.24) is 0 Å². The van der Waals surface area contributed by atoms with Gasteiger partial charge in [-0.05, 0) is 0 Å². The van der Waals surface area contributed by atoms with Gasteiger partial charge in [-0.15, -0.1) is 0 Å². The minimum absolute atomic E-state index is 0.0918. The number of carbonyl (C=O) groups is 1. The molecule has 0 aromatic rings. The van der Waals surface area contributed by atoms with Crippen molar-refractivity contribution in [2.24, 2.45) is 5.73 Å². The monoisotopic (exact) mass is 217 g/mol. The molecule has 0 saturated carbocycles. The van der Waals surface area contributed by atoms with E-state index in [0.29, 0.717) is 0 Å². The van der Waals surface area contributed by atoms with E-state index >= 15 is 0 Å². The summed E-state index contributed by atoms with van der Waals surface area (Å²) in [7, 11) is -3.04. The van der Waals surface area contributed by atoms with E-state index in [-0.39, 0.29) is 10.6 Å². The van der Waals surface area contributed by atoms with Crippen molar-refractivity contribution in [3.63, 3.8) is 0 Å². The van der Waals surface area contributed by atoms with Gasteiger partial charge in [-0.2, -0.15) is 0 Å². The first kappa shape index (κ1) is 12.9. The third-order valence-corrected chi connectivity index (χ3v) is 14.5. The molecule has 0 aliphatic carbocycles. The standard InChI is InChI=1S/C9H23NOSi2/c1-9(8(10)11,12(2,3)4)13(5,6)7/h1-7H3,(H2,10,11). The Hall–Kier alpha value is -0.0962. The minimum atomic E-state index is -1.52. The van der Waals surface area contributed by atoms with Gasteiger partial charge in [0.2, 0.25) is 5.91 Å². The summed E-state index contributed by atoms with van der Waals surface area (Å²) >= 11 is 0. The van der Waals surface area contributed by atoms with Crippen LogP contribution < -0.4 is 5.73 Å². The van der Waals surface area contributed by atoms with Gasteiger partial charge in [0.1, 0.15) is 0 Å². The fourth-order valence-corrected chi connectivity index (χ4v) is 12.3. The van der Waals surface area contributed by atoms with Gasteiger partial charge < -0.3 is 5.73 Å². The molecule has 78 valence electrons. The summed E-state index contributed by atoms with van der Waals surface area (Å²) in [6.07, 6.45) is 0. The molecule has 0 aromatic carbocycles. The second-order valence-electron chi connectivity index (χ2n) is 5.99. The van der Waals surface area contributed by atoms with Crippen LogP contribution in [0, 0.1) is 0 Å². The number of carbonyl (C=O) groups excluding carboxylic acids is 1. The Bertz CT molecular complexity index is 199. The zero-order valence-corrected chi connectivity index (χ0v) is 12.0. The van der Waals surface area contributed by atoms with Gasteiger partial charge in [-0.1, -0.05) is 46.2 Å². The van der Waals surface area contributed by atoms with Crippen molar-refractivity contribution < 1.29 is 4.79 Å². The van der Waals surface area contributed by atoms with Crippen molar-refractivity contribution in [2.75, 3.05) is 0 Å². The predicted octanol–water partition coefficient (Wildman–Crippen LogP) is 2.45. The number of hydrogen-bond acceptors (Lipinski definition) is 1. The van der Waals surface area contributed by atoms with Gasteiger partial charge in [0.25, 0.3) is 0 Å². The van der Waals surface area contributed by atoms with Crippen LogP contribution in [0.4, 0.5) is 0 Å². The fraction of sp³-hybridized carbons (Fsp3) is 0.889. The minimum Gasteiger partial charge on any atom is -0.370 e. The molecule has 0 heterocycles. The summed E-state index contributed by atoms with van der Waals surface area (Å²) in [5.41, 5.74) is 5.57. The Morgan fingerprint density at radius 3 is 1.23 bits per heavy atom. The Kier molecular flexibility index (Phi) is 3.21. The summed E-state index contributed by atoms with van der Waals surface area (Å²) in [5.74, 6) is -0.0918. The predicted molar refractivity (Wildman–Crippen MR) is 64.3 cm³/mol. The van der Waals surface area contributed by atoms with Crippen LogP contribution in [0.2, 0.25) is 43.9 Å². The van der Waals surface area contributed by atoms with Gasteiger partial charge >= 0.3 is 0 Å². The fourth-order valence-electron chi connectivity index (χ4n) is 1.86. The second kappa shape index (κ2) is 3.24. The first-order valence-corrected chi connectivity index (χ1v) is 11.7. The number of primary amides is 1. The molecule has 13 heavy (non-hydrogen) atoms. The highest BCUT2D eigenvalue weighted by Crippen LogP contribution is 2.45. The van der Waals surface area contributed by atoms with Crippen molar-refractivity contribution >= 4 is 22.1 Å². The number of rotatable bonds is 3. The Morgan fingerprint density at radius 2 is 1.23 bits per heavy atom. The lowest BCUT2D eigenvalue weighted by atomic mass is 10.4. The van der Waals surface area contributed by atoms with Crippen LogP contribution >= 0.6 is 0 Å². The van der Waals surface area contributed by atoms with Crippen LogP contribution in [0.25, 0.3) is 0 Å². The van der Waals surface area contributed by atoms with E-state index in [0.717, 1.165) is 0 Å². The topological polar surface area (TPSA) is 43.1 Å². The Morgan fingerprint density at radius 1 is 1.00 bits per heavy atom. The van der Waals surface area contributed by atoms with Crippen molar-refractivity contribution in [3.8, 4) is 0 Å². The van der Waals surface area contributed by atoms with E-state index in [1.165, 1.54) is 0 Å². The smallest absolute Gasteiger partial charge is 0.217 e. The van der Waals surface area contributed by atoms with Crippen LogP contribution in [0.1, 0.15) is 6.92 Å². The van der Waals surface area contributed by atoms with Gasteiger partial charge in [-0.25, -0.2) is 0 Å². The average Bonchev–Trinajstić information content (AvgIpc) is 1.80. The lowest BCUT2D eigenvalue weighted by molar-refractivity contribution is -0.119. The van der Waals surface area contributed by atoms with Gasteiger partial charge in [-0.3, -0.25) is 4.79 Å². The maximum atomic E-state index is 11.6. The molecule has 0 aliphatic heterocycles.